The van der Waals surface area contributed by atoms with E-state index in [1.54, 1.807) is 0 Å². The van der Waals surface area contributed by atoms with Crippen molar-refractivity contribution < 1.29 is 9.53 Å². The van der Waals surface area contributed by atoms with Gasteiger partial charge in [0.25, 0.3) is 0 Å². The first-order valence-electron chi connectivity index (χ1n) is 7.60. The van der Waals surface area contributed by atoms with Crippen LogP contribution < -0.4 is 10.6 Å². The molecule has 0 bridgehead atoms. The Morgan fingerprint density at radius 1 is 1.32 bits per heavy atom. The number of hydrogen-bond acceptors (Lipinski definition) is 3. The molecule has 1 heterocycles. The van der Waals surface area contributed by atoms with Crippen molar-refractivity contribution in [2.24, 2.45) is 0 Å². The van der Waals surface area contributed by atoms with E-state index in [1.807, 2.05) is 33.9 Å². The molecule has 0 aliphatic carbocycles. The molecular formula is C17H25N3O2. The number of aromatic amines is 1. The van der Waals surface area contributed by atoms with Crippen molar-refractivity contribution in [2.75, 3.05) is 6.54 Å². The second kappa shape index (κ2) is 6.83. The van der Waals surface area contributed by atoms with E-state index in [-0.39, 0.29) is 12.1 Å². The number of hydrogen-bond donors (Lipinski definition) is 3. The highest BCUT2D eigenvalue weighted by atomic mass is 16.6. The first-order valence-corrected chi connectivity index (χ1v) is 7.60. The lowest BCUT2D eigenvalue weighted by Gasteiger charge is -2.21. The highest BCUT2D eigenvalue weighted by molar-refractivity contribution is 5.79. The van der Waals surface area contributed by atoms with E-state index >= 15 is 0 Å². The summed E-state index contributed by atoms with van der Waals surface area (Å²) >= 11 is 0. The van der Waals surface area contributed by atoms with Crippen LogP contribution >= 0.6 is 0 Å². The third-order valence-electron chi connectivity index (χ3n) is 3.23. The van der Waals surface area contributed by atoms with Gasteiger partial charge in [-0.1, -0.05) is 12.1 Å². The van der Waals surface area contributed by atoms with Gasteiger partial charge in [-0.05, 0) is 50.8 Å². The van der Waals surface area contributed by atoms with Crippen LogP contribution in [0.4, 0.5) is 4.79 Å². The summed E-state index contributed by atoms with van der Waals surface area (Å²) in [6.07, 6.45) is 1.56. The molecule has 3 N–H and O–H groups in total. The molecule has 2 aromatic rings. The number of rotatable bonds is 5. The third kappa shape index (κ3) is 5.07. The van der Waals surface area contributed by atoms with Gasteiger partial charge in [0.15, 0.2) is 0 Å². The molecule has 1 amide bonds. The molecule has 0 spiro atoms. The Morgan fingerprint density at radius 2 is 2.09 bits per heavy atom. The zero-order valence-electron chi connectivity index (χ0n) is 13.7. The summed E-state index contributed by atoms with van der Waals surface area (Å²) in [5, 5.41) is 7.37. The minimum Gasteiger partial charge on any atom is -0.444 e. The van der Waals surface area contributed by atoms with Crippen LogP contribution in [0.3, 0.4) is 0 Å². The molecule has 5 nitrogen and oxygen atoms in total. The number of ether oxygens (including phenoxy) is 1. The lowest BCUT2D eigenvalue weighted by Crippen LogP contribution is -2.40. The first kappa shape index (κ1) is 16.4. The maximum absolute atomic E-state index is 11.6. The molecule has 0 saturated carbocycles. The number of benzene rings is 1. The molecule has 0 aliphatic rings. The summed E-state index contributed by atoms with van der Waals surface area (Å²) < 4.78 is 5.21. The van der Waals surface area contributed by atoms with Crippen LogP contribution in [0.5, 0.6) is 0 Å². The Morgan fingerprint density at radius 3 is 2.82 bits per heavy atom. The summed E-state index contributed by atoms with van der Waals surface area (Å²) in [6.45, 7) is 8.87. The molecule has 1 unspecified atom stereocenters. The normalized spacial score (nSPS) is 13.1. The smallest absolute Gasteiger partial charge is 0.407 e. The molecule has 120 valence electrons. The van der Waals surface area contributed by atoms with Gasteiger partial charge in [-0.25, -0.2) is 4.79 Å². The van der Waals surface area contributed by atoms with Crippen LogP contribution in [-0.4, -0.2) is 29.3 Å². The second-order valence-corrected chi connectivity index (χ2v) is 6.56. The maximum atomic E-state index is 11.6. The van der Waals surface area contributed by atoms with Gasteiger partial charge in [-0.2, -0.15) is 0 Å². The van der Waals surface area contributed by atoms with Gasteiger partial charge in [0.05, 0.1) is 0 Å². The predicted molar refractivity (Wildman–Crippen MR) is 88.8 cm³/mol. The fourth-order valence-electron chi connectivity index (χ4n) is 2.12. The quantitative estimate of drug-likeness (QED) is 0.795. The average molecular weight is 303 g/mol. The molecule has 0 radical (unpaired) electrons. The molecule has 1 aromatic heterocycles. The monoisotopic (exact) mass is 303 g/mol. The second-order valence-electron chi connectivity index (χ2n) is 6.56. The fraction of sp³-hybridized carbons (Fsp3) is 0.471. The Labute approximate surface area is 131 Å². The summed E-state index contributed by atoms with van der Waals surface area (Å²) in [5.74, 6) is 0. The van der Waals surface area contributed by atoms with Crippen molar-refractivity contribution in [1.29, 1.82) is 0 Å². The number of alkyl carbamates (subject to hydrolysis) is 1. The van der Waals surface area contributed by atoms with E-state index in [0.717, 1.165) is 12.1 Å². The Balaban J connectivity index is 1.75. The summed E-state index contributed by atoms with van der Waals surface area (Å²) in [4.78, 5) is 14.8. The van der Waals surface area contributed by atoms with Crippen molar-refractivity contribution in [3.05, 3.63) is 36.0 Å². The zero-order chi connectivity index (χ0) is 16.2. The first-order chi connectivity index (χ1) is 10.3. The SMILES string of the molecule is CC(CNC(=O)OC(C)(C)C)NCc1ccc2cc[nH]c2c1. The molecule has 2 rings (SSSR count). The van der Waals surface area contributed by atoms with E-state index in [2.05, 4.69) is 39.9 Å². The summed E-state index contributed by atoms with van der Waals surface area (Å²) in [6, 6.07) is 8.56. The molecule has 0 saturated heterocycles. The molecule has 1 atom stereocenters. The number of carbonyl (C=O) groups is 1. The zero-order valence-corrected chi connectivity index (χ0v) is 13.7. The Kier molecular flexibility index (Phi) is 5.08. The molecule has 22 heavy (non-hydrogen) atoms. The van der Waals surface area contributed by atoms with Crippen LogP contribution in [0.15, 0.2) is 30.5 Å². The van der Waals surface area contributed by atoms with Gasteiger partial charge in [-0.3, -0.25) is 0 Å². The maximum Gasteiger partial charge on any atom is 0.407 e. The van der Waals surface area contributed by atoms with E-state index in [4.69, 9.17) is 4.74 Å². The largest absolute Gasteiger partial charge is 0.444 e. The third-order valence-corrected chi connectivity index (χ3v) is 3.23. The van der Waals surface area contributed by atoms with Crippen LogP contribution in [0, 0.1) is 0 Å². The van der Waals surface area contributed by atoms with Gasteiger partial charge in [-0.15, -0.1) is 0 Å². The minimum absolute atomic E-state index is 0.159. The molecule has 0 fully saturated rings. The number of amides is 1. The van der Waals surface area contributed by atoms with Crippen molar-refractivity contribution in [3.63, 3.8) is 0 Å². The highest BCUT2D eigenvalue weighted by Gasteiger charge is 2.16. The molecular weight excluding hydrogens is 278 g/mol. The van der Waals surface area contributed by atoms with E-state index in [9.17, 15) is 4.79 Å². The van der Waals surface area contributed by atoms with Crippen molar-refractivity contribution >= 4 is 17.0 Å². The van der Waals surface area contributed by atoms with Crippen molar-refractivity contribution in [2.45, 2.75) is 45.9 Å². The van der Waals surface area contributed by atoms with Crippen LogP contribution in [0.25, 0.3) is 10.9 Å². The van der Waals surface area contributed by atoms with Crippen LogP contribution in [0.2, 0.25) is 0 Å². The molecule has 5 heteroatoms. The standard InChI is InChI=1S/C17H25N3O2/c1-12(10-20-16(21)22-17(2,3)4)19-11-13-5-6-14-7-8-18-15(14)9-13/h5-9,12,18-19H,10-11H2,1-4H3,(H,20,21). The lowest BCUT2D eigenvalue weighted by molar-refractivity contribution is 0.0523. The van der Waals surface area contributed by atoms with Crippen LogP contribution in [-0.2, 0) is 11.3 Å². The van der Waals surface area contributed by atoms with Crippen molar-refractivity contribution in [3.8, 4) is 0 Å². The van der Waals surface area contributed by atoms with Gasteiger partial charge in [0.2, 0.25) is 0 Å². The fourth-order valence-corrected chi connectivity index (χ4v) is 2.12. The average Bonchev–Trinajstić information content (AvgIpc) is 2.88. The highest BCUT2D eigenvalue weighted by Crippen LogP contribution is 2.14. The summed E-state index contributed by atoms with van der Waals surface area (Å²) in [7, 11) is 0. The number of aromatic nitrogens is 1. The summed E-state index contributed by atoms with van der Waals surface area (Å²) in [5.41, 5.74) is 1.88. The van der Waals surface area contributed by atoms with E-state index in [0.29, 0.717) is 6.54 Å². The molecule has 0 aliphatic heterocycles. The lowest BCUT2D eigenvalue weighted by atomic mass is 10.1. The van der Waals surface area contributed by atoms with Gasteiger partial charge in [0.1, 0.15) is 5.60 Å². The predicted octanol–water partition coefficient (Wildman–Crippen LogP) is 3.17. The minimum atomic E-state index is -0.466. The van der Waals surface area contributed by atoms with Gasteiger partial charge < -0.3 is 20.4 Å². The van der Waals surface area contributed by atoms with Crippen molar-refractivity contribution in [1.82, 2.24) is 15.6 Å². The van der Waals surface area contributed by atoms with E-state index < -0.39 is 5.60 Å². The number of fused-ring (bicyclic) bond motifs is 1. The topological polar surface area (TPSA) is 66.2 Å². The number of H-pyrrole nitrogens is 1. The molecule has 1 aromatic carbocycles. The number of nitrogens with one attached hydrogen (secondary N) is 3. The number of carbonyl (C=O) groups excluding carboxylic acids is 1. The Bertz CT molecular complexity index is 628. The van der Waals surface area contributed by atoms with Crippen LogP contribution in [0.1, 0.15) is 33.3 Å². The van der Waals surface area contributed by atoms with Gasteiger partial charge >= 0.3 is 6.09 Å². The van der Waals surface area contributed by atoms with E-state index in [1.165, 1.54) is 10.9 Å². The van der Waals surface area contributed by atoms with Gasteiger partial charge in [0, 0.05) is 30.8 Å². The Hall–Kier alpha value is -2.01.